The standard InChI is InChI=1S/C21H28N2O2/c24-19-12-6-10-18(11-7-13-19)22-20(17-8-2-1-3-9-17)16-23-15-5-4-14-21(23)25/h1-5,8-9,14-15,18-20,22,24H,6-7,10-13,16H2. The van der Waals surface area contributed by atoms with Crippen molar-refractivity contribution >= 4 is 0 Å². The molecule has 25 heavy (non-hydrogen) atoms. The molecule has 1 unspecified atom stereocenters. The summed E-state index contributed by atoms with van der Waals surface area (Å²) in [6.45, 7) is 0.628. The molecule has 1 aliphatic carbocycles. The normalized spacial score (nSPS) is 22.8. The number of rotatable bonds is 5. The van der Waals surface area contributed by atoms with Crippen LogP contribution in [0, 0.1) is 0 Å². The molecule has 1 atom stereocenters. The summed E-state index contributed by atoms with van der Waals surface area (Å²) in [6.07, 6.45) is 7.76. The van der Waals surface area contributed by atoms with Gasteiger partial charge in [-0.1, -0.05) is 36.4 Å². The molecule has 1 saturated carbocycles. The number of nitrogens with one attached hydrogen (secondary N) is 1. The van der Waals surface area contributed by atoms with E-state index in [0.29, 0.717) is 12.6 Å². The van der Waals surface area contributed by atoms with Crippen molar-refractivity contribution in [1.82, 2.24) is 9.88 Å². The number of hydrogen-bond acceptors (Lipinski definition) is 3. The van der Waals surface area contributed by atoms with Gasteiger partial charge < -0.3 is 15.0 Å². The summed E-state index contributed by atoms with van der Waals surface area (Å²) in [5.41, 5.74) is 1.24. The van der Waals surface area contributed by atoms with E-state index < -0.39 is 0 Å². The zero-order valence-electron chi connectivity index (χ0n) is 14.7. The smallest absolute Gasteiger partial charge is 0.250 e. The van der Waals surface area contributed by atoms with Crippen molar-refractivity contribution in [3.8, 4) is 0 Å². The number of hydrogen-bond donors (Lipinski definition) is 2. The number of aliphatic hydroxyl groups is 1. The lowest BCUT2D eigenvalue weighted by Gasteiger charge is -2.29. The van der Waals surface area contributed by atoms with Gasteiger partial charge in [-0.2, -0.15) is 0 Å². The number of aliphatic hydroxyl groups excluding tert-OH is 1. The third-order valence-electron chi connectivity index (χ3n) is 5.10. The Kier molecular flexibility index (Phi) is 6.42. The predicted molar refractivity (Wildman–Crippen MR) is 101 cm³/mol. The van der Waals surface area contributed by atoms with E-state index in [1.54, 1.807) is 16.7 Å². The van der Waals surface area contributed by atoms with Crippen molar-refractivity contribution in [2.24, 2.45) is 0 Å². The Balaban J connectivity index is 1.75. The third kappa shape index (κ3) is 5.28. The zero-order chi connectivity index (χ0) is 17.5. The van der Waals surface area contributed by atoms with Crippen LogP contribution < -0.4 is 10.9 Å². The van der Waals surface area contributed by atoms with Crippen LogP contribution in [-0.4, -0.2) is 21.8 Å². The average Bonchev–Trinajstić information content (AvgIpc) is 2.61. The average molecular weight is 340 g/mol. The van der Waals surface area contributed by atoms with Crippen molar-refractivity contribution in [3.63, 3.8) is 0 Å². The van der Waals surface area contributed by atoms with Gasteiger partial charge in [0.15, 0.2) is 0 Å². The Morgan fingerprint density at radius 2 is 1.68 bits per heavy atom. The van der Waals surface area contributed by atoms with E-state index in [4.69, 9.17) is 0 Å². The second-order valence-corrected chi connectivity index (χ2v) is 7.03. The van der Waals surface area contributed by atoms with E-state index in [1.165, 1.54) is 5.56 Å². The molecule has 0 saturated heterocycles. The minimum Gasteiger partial charge on any atom is -0.393 e. The quantitative estimate of drug-likeness (QED) is 0.878. The monoisotopic (exact) mass is 340 g/mol. The van der Waals surface area contributed by atoms with Crippen LogP contribution >= 0.6 is 0 Å². The van der Waals surface area contributed by atoms with Crippen LogP contribution in [0.1, 0.15) is 50.1 Å². The molecule has 1 fully saturated rings. The van der Waals surface area contributed by atoms with E-state index in [1.807, 2.05) is 30.5 Å². The fraction of sp³-hybridized carbons (Fsp3) is 0.476. The summed E-state index contributed by atoms with van der Waals surface area (Å²) in [5, 5.41) is 13.6. The van der Waals surface area contributed by atoms with Crippen molar-refractivity contribution in [1.29, 1.82) is 0 Å². The van der Waals surface area contributed by atoms with E-state index >= 15 is 0 Å². The van der Waals surface area contributed by atoms with Gasteiger partial charge in [-0.05, 0) is 50.2 Å². The first kappa shape index (κ1) is 17.9. The molecule has 1 aromatic carbocycles. The second kappa shape index (κ2) is 8.97. The SMILES string of the molecule is O=c1ccccn1CC(NC1CCCC(O)CCC1)c1ccccc1. The van der Waals surface area contributed by atoms with Crippen molar-refractivity contribution in [2.45, 2.75) is 63.3 Å². The maximum absolute atomic E-state index is 12.1. The summed E-state index contributed by atoms with van der Waals surface area (Å²) in [7, 11) is 0. The summed E-state index contributed by atoms with van der Waals surface area (Å²) in [5.74, 6) is 0. The topological polar surface area (TPSA) is 54.3 Å². The van der Waals surface area contributed by atoms with Gasteiger partial charge in [-0.3, -0.25) is 4.79 Å². The van der Waals surface area contributed by atoms with Crippen LogP contribution in [0.25, 0.3) is 0 Å². The molecule has 134 valence electrons. The summed E-state index contributed by atoms with van der Waals surface area (Å²) in [6, 6.07) is 16.2. The van der Waals surface area contributed by atoms with Crippen molar-refractivity contribution in [3.05, 3.63) is 70.6 Å². The van der Waals surface area contributed by atoms with Gasteiger partial charge >= 0.3 is 0 Å². The molecule has 4 heteroatoms. The summed E-state index contributed by atoms with van der Waals surface area (Å²) in [4.78, 5) is 12.1. The molecule has 0 spiro atoms. The molecule has 1 aromatic heterocycles. The molecule has 0 amide bonds. The fourth-order valence-corrected chi connectivity index (χ4v) is 3.69. The van der Waals surface area contributed by atoms with Gasteiger partial charge in [0.1, 0.15) is 0 Å². The van der Waals surface area contributed by atoms with E-state index in [2.05, 4.69) is 17.4 Å². The van der Waals surface area contributed by atoms with E-state index in [0.717, 1.165) is 38.5 Å². The third-order valence-corrected chi connectivity index (χ3v) is 5.10. The first-order valence-electron chi connectivity index (χ1n) is 9.37. The fourth-order valence-electron chi connectivity index (χ4n) is 3.69. The number of aromatic nitrogens is 1. The minimum absolute atomic E-state index is 0.0334. The first-order valence-corrected chi connectivity index (χ1v) is 9.37. The molecule has 0 bridgehead atoms. The molecule has 0 radical (unpaired) electrons. The van der Waals surface area contributed by atoms with Crippen LogP contribution in [0.4, 0.5) is 0 Å². The largest absolute Gasteiger partial charge is 0.393 e. The summed E-state index contributed by atoms with van der Waals surface area (Å²) < 4.78 is 1.78. The van der Waals surface area contributed by atoms with Crippen LogP contribution in [-0.2, 0) is 6.54 Å². The lowest BCUT2D eigenvalue weighted by atomic mass is 9.93. The van der Waals surface area contributed by atoms with Gasteiger partial charge in [-0.25, -0.2) is 0 Å². The molecule has 4 nitrogen and oxygen atoms in total. The van der Waals surface area contributed by atoms with E-state index in [-0.39, 0.29) is 17.7 Å². The first-order chi connectivity index (χ1) is 12.2. The Morgan fingerprint density at radius 1 is 1.00 bits per heavy atom. The minimum atomic E-state index is -0.131. The number of benzene rings is 1. The molecule has 2 aromatic rings. The Hall–Kier alpha value is -1.91. The molecular weight excluding hydrogens is 312 g/mol. The highest BCUT2D eigenvalue weighted by molar-refractivity contribution is 5.19. The van der Waals surface area contributed by atoms with Crippen LogP contribution in [0.15, 0.2) is 59.5 Å². The summed E-state index contributed by atoms with van der Waals surface area (Å²) >= 11 is 0. The lowest BCUT2D eigenvalue weighted by Crippen LogP contribution is -2.37. The highest BCUT2D eigenvalue weighted by atomic mass is 16.3. The van der Waals surface area contributed by atoms with E-state index in [9.17, 15) is 9.90 Å². The van der Waals surface area contributed by atoms with Crippen molar-refractivity contribution in [2.75, 3.05) is 0 Å². The molecule has 3 rings (SSSR count). The van der Waals surface area contributed by atoms with Gasteiger partial charge in [0.25, 0.3) is 5.56 Å². The van der Waals surface area contributed by atoms with Crippen LogP contribution in [0.2, 0.25) is 0 Å². The molecule has 1 heterocycles. The maximum atomic E-state index is 12.1. The molecule has 0 aliphatic heterocycles. The highest BCUT2D eigenvalue weighted by Crippen LogP contribution is 2.22. The van der Waals surface area contributed by atoms with Crippen LogP contribution in [0.5, 0.6) is 0 Å². The van der Waals surface area contributed by atoms with Crippen LogP contribution in [0.3, 0.4) is 0 Å². The Labute approximate surface area is 149 Å². The van der Waals surface area contributed by atoms with Gasteiger partial charge in [-0.15, -0.1) is 0 Å². The maximum Gasteiger partial charge on any atom is 0.250 e. The molecule has 2 N–H and O–H groups in total. The van der Waals surface area contributed by atoms with Gasteiger partial charge in [0.05, 0.1) is 12.1 Å². The highest BCUT2D eigenvalue weighted by Gasteiger charge is 2.20. The van der Waals surface area contributed by atoms with Gasteiger partial charge in [0, 0.05) is 24.8 Å². The Morgan fingerprint density at radius 3 is 2.36 bits per heavy atom. The number of pyridine rings is 1. The van der Waals surface area contributed by atoms with Crippen molar-refractivity contribution < 1.29 is 5.11 Å². The van der Waals surface area contributed by atoms with Gasteiger partial charge in [0.2, 0.25) is 0 Å². The predicted octanol–water partition coefficient (Wildman–Crippen LogP) is 3.26. The Bertz CT molecular complexity index is 688. The zero-order valence-corrected chi connectivity index (χ0v) is 14.7. The lowest BCUT2D eigenvalue weighted by molar-refractivity contribution is 0.135. The molecule has 1 aliphatic rings. The number of nitrogens with zero attached hydrogens (tertiary/aromatic N) is 1. The molecular formula is C21H28N2O2. The second-order valence-electron chi connectivity index (χ2n) is 7.03.